The topological polar surface area (TPSA) is 72.2 Å². The van der Waals surface area contributed by atoms with Crippen LogP contribution >= 0.6 is 31.9 Å². The maximum absolute atomic E-state index is 11.9. The maximum Gasteiger partial charge on any atom is 0.240 e. The summed E-state index contributed by atoms with van der Waals surface area (Å²) in [6.07, 6.45) is 0. The molecule has 0 aromatic heterocycles. The second kappa shape index (κ2) is 5.03. The van der Waals surface area contributed by atoms with E-state index in [1.807, 2.05) is 0 Å². The van der Waals surface area contributed by atoms with E-state index in [4.69, 9.17) is 5.73 Å². The van der Waals surface area contributed by atoms with Gasteiger partial charge < -0.3 is 5.73 Å². The summed E-state index contributed by atoms with van der Waals surface area (Å²) in [6, 6.07) is 2.80. The van der Waals surface area contributed by atoms with Crippen molar-refractivity contribution in [3.63, 3.8) is 0 Å². The van der Waals surface area contributed by atoms with Crippen molar-refractivity contribution in [2.75, 3.05) is 5.73 Å². The minimum absolute atomic E-state index is 0.153. The van der Waals surface area contributed by atoms with Crippen LogP contribution in [-0.2, 0) is 10.0 Å². The van der Waals surface area contributed by atoms with Crippen LogP contribution in [0.4, 0.5) is 5.69 Å². The van der Waals surface area contributed by atoms with Crippen molar-refractivity contribution in [2.45, 2.75) is 24.8 Å². The molecule has 0 fully saturated rings. The first-order valence-electron chi connectivity index (χ1n) is 4.51. The Morgan fingerprint density at radius 2 is 1.69 bits per heavy atom. The Kier molecular flexibility index (Phi) is 4.39. The van der Waals surface area contributed by atoms with Crippen LogP contribution in [0, 0.1) is 0 Å². The highest BCUT2D eigenvalue weighted by Crippen LogP contribution is 2.31. The van der Waals surface area contributed by atoms with Crippen LogP contribution in [0.2, 0.25) is 0 Å². The third-order valence-corrected chi connectivity index (χ3v) is 4.70. The number of hydrogen-bond acceptors (Lipinski definition) is 3. The third kappa shape index (κ3) is 3.19. The quantitative estimate of drug-likeness (QED) is 0.801. The minimum atomic E-state index is -3.49. The monoisotopic (exact) mass is 370 g/mol. The van der Waals surface area contributed by atoms with E-state index in [9.17, 15) is 8.42 Å². The first-order valence-corrected chi connectivity index (χ1v) is 7.58. The summed E-state index contributed by atoms with van der Waals surface area (Å²) in [5.74, 6) is 0. The van der Waals surface area contributed by atoms with E-state index in [-0.39, 0.29) is 10.9 Å². The van der Waals surface area contributed by atoms with Gasteiger partial charge in [-0.25, -0.2) is 13.1 Å². The summed E-state index contributed by atoms with van der Waals surface area (Å²) in [7, 11) is -3.49. The Balaban J connectivity index is 3.25. The summed E-state index contributed by atoms with van der Waals surface area (Å²) < 4.78 is 27.3. The first kappa shape index (κ1) is 14.0. The molecule has 0 bridgehead atoms. The van der Waals surface area contributed by atoms with Crippen LogP contribution in [0.25, 0.3) is 0 Å². The van der Waals surface area contributed by atoms with E-state index >= 15 is 0 Å². The van der Waals surface area contributed by atoms with Gasteiger partial charge in [-0.3, -0.25) is 0 Å². The van der Waals surface area contributed by atoms with Crippen molar-refractivity contribution in [1.82, 2.24) is 4.72 Å². The highest BCUT2D eigenvalue weighted by Gasteiger charge is 2.17. The predicted octanol–water partition coefficient (Wildman–Crippen LogP) is 2.48. The van der Waals surface area contributed by atoms with Crippen LogP contribution in [0.3, 0.4) is 0 Å². The fourth-order valence-electron chi connectivity index (χ4n) is 1.09. The molecular weight excluding hydrogens is 360 g/mol. The molecule has 1 aromatic rings. The molecule has 0 heterocycles. The molecule has 0 saturated carbocycles. The van der Waals surface area contributed by atoms with Gasteiger partial charge >= 0.3 is 0 Å². The summed E-state index contributed by atoms with van der Waals surface area (Å²) in [6.45, 7) is 3.53. The van der Waals surface area contributed by atoms with Crippen LogP contribution in [0.1, 0.15) is 13.8 Å². The summed E-state index contributed by atoms with van der Waals surface area (Å²) in [4.78, 5) is 0.175. The van der Waals surface area contributed by atoms with Gasteiger partial charge in [0, 0.05) is 15.0 Å². The van der Waals surface area contributed by atoms with Gasteiger partial charge in [0.15, 0.2) is 0 Å². The van der Waals surface area contributed by atoms with Crippen LogP contribution in [0.15, 0.2) is 26.0 Å². The van der Waals surface area contributed by atoms with Gasteiger partial charge in [0.1, 0.15) is 0 Å². The number of benzene rings is 1. The zero-order chi connectivity index (χ0) is 12.5. The molecule has 1 rings (SSSR count). The SMILES string of the molecule is CC(C)NS(=O)(=O)c1cc(Br)c(N)c(Br)c1. The molecule has 3 N–H and O–H groups in total. The Hall–Kier alpha value is -0.110. The molecule has 0 spiro atoms. The van der Waals surface area contributed by atoms with E-state index < -0.39 is 10.0 Å². The lowest BCUT2D eigenvalue weighted by molar-refractivity contribution is 0.570. The van der Waals surface area contributed by atoms with Gasteiger partial charge in [0.05, 0.1) is 10.6 Å². The number of anilines is 1. The smallest absolute Gasteiger partial charge is 0.240 e. The molecule has 0 unspecified atom stereocenters. The van der Waals surface area contributed by atoms with E-state index in [0.29, 0.717) is 14.6 Å². The molecule has 0 aliphatic carbocycles. The molecule has 0 saturated heterocycles. The number of nitrogen functional groups attached to an aromatic ring is 1. The van der Waals surface area contributed by atoms with Crippen LogP contribution in [0.5, 0.6) is 0 Å². The van der Waals surface area contributed by atoms with Gasteiger partial charge in [-0.1, -0.05) is 0 Å². The van der Waals surface area contributed by atoms with E-state index in [0.717, 1.165) is 0 Å². The lowest BCUT2D eigenvalue weighted by Gasteiger charge is -2.11. The standard InChI is InChI=1S/C9H12Br2N2O2S/c1-5(2)13-16(14,15)6-3-7(10)9(12)8(11)4-6/h3-5,13H,12H2,1-2H3. The lowest BCUT2D eigenvalue weighted by Crippen LogP contribution is -2.30. The number of nitrogens with one attached hydrogen (secondary N) is 1. The van der Waals surface area contributed by atoms with E-state index in [1.54, 1.807) is 13.8 Å². The van der Waals surface area contributed by atoms with Crippen molar-refractivity contribution in [2.24, 2.45) is 0 Å². The van der Waals surface area contributed by atoms with Gasteiger partial charge in [0.2, 0.25) is 10.0 Å². The fourth-order valence-corrected chi connectivity index (χ4v) is 3.89. The second-order valence-corrected chi connectivity index (χ2v) is 7.00. The number of hydrogen-bond donors (Lipinski definition) is 2. The van der Waals surface area contributed by atoms with E-state index in [2.05, 4.69) is 36.6 Å². The lowest BCUT2D eigenvalue weighted by atomic mass is 10.3. The van der Waals surface area contributed by atoms with Gasteiger partial charge in [-0.2, -0.15) is 0 Å². The number of sulfonamides is 1. The summed E-state index contributed by atoms with van der Waals surface area (Å²) in [5, 5.41) is 0. The fraction of sp³-hybridized carbons (Fsp3) is 0.333. The summed E-state index contributed by atoms with van der Waals surface area (Å²) in [5.41, 5.74) is 6.16. The number of rotatable bonds is 3. The average molecular weight is 372 g/mol. The van der Waals surface area contributed by atoms with Crippen molar-refractivity contribution in [1.29, 1.82) is 0 Å². The first-order chi connectivity index (χ1) is 7.24. The van der Waals surface area contributed by atoms with Gasteiger partial charge in [-0.15, -0.1) is 0 Å². The molecule has 0 radical (unpaired) electrons. The van der Waals surface area contributed by atoms with Crippen molar-refractivity contribution in [3.8, 4) is 0 Å². The normalized spacial score (nSPS) is 12.1. The minimum Gasteiger partial charge on any atom is -0.397 e. The van der Waals surface area contributed by atoms with Gasteiger partial charge in [0.25, 0.3) is 0 Å². The largest absolute Gasteiger partial charge is 0.397 e. The summed E-state index contributed by atoms with van der Waals surface area (Å²) >= 11 is 6.42. The molecule has 4 nitrogen and oxygen atoms in total. The third-order valence-electron chi connectivity index (χ3n) is 1.75. The Bertz CT molecular complexity index is 477. The number of halogens is 2. The molecule has 1 aromatic carbocycles. The van der Waals surface area contributed by atoms with Crippen molar-refractivity contribution < 1.29 is 8.42 Å². The molecule has 90 valence electrons. The zero-order valence-corrected chi connectivity index (χ0v) is 12.8. The Morgan fingerprint density at radius 1 is 1.25 bits per heavy atom. The zero-order valence-electron chi connectivity index (χ0n) is 8.79. The molecular formula is C9H12Br2N2O2S. The highest BCUT2D eigenvalue weighted by atomic mass is 79.9. The molecule has 0 atom stereocenters. The molecule has 7 heteroatoms. The molecule has 0 aliphatic rings. The van der Waals surface area contributed by atoms with Gasteiger partial charge in [-0.05, 0) is 57.8 Å². The van der Waals surface area contributed by atoms with Crippen LogP contribution < -0.4 is 10.5 Å². The maximum atomic E-state index is 11.9. The van der Waals surface area contributed by atoms with Crippen LogP contribution in [-0.4, -0.2) is 14.5 Å². The molecule has 0 amide bonds. The average Bonchev–Trinajstić information content (AvgIpc) is 2.11. The Morgan fingerprint density at radius 3 is 2.06 bits per heavy atom. The number of nitrogens with two attached hydrogens (primary N) is 1. The second-order valence-electron chi connectivity index (χ2n) is 3.58. The molecule has 0 aliphatic heterocycles. The van der Waals surface area contributed by atoms with Crippen molar-refractivity contribution in [3.05, 3.63) is 21.1 Å². The predicted molar refractivity (Wildman–Crippen MR) is 71.7 cm³/mol. The highest BCUT2D eigenvalue weighted by molar-refractivity contribution is 9.11. The Labute approximate surface area is 112 Å². The molecule has 16 heavy (non-hydrogen) atoms. The van der Waals surface area contributed by atoms with Crippen molar-refractivity contribution >= 4 is 47.6 Å². The van der Waals surface area contributed by atoms with E-state index in [1.165, 1.54) is 12.1 Å².